The second kappa shape index (κ2) is 5.39. The van der Waals surface area contributed by atoms with Crippen molar-refractivity contribution in [1.29, 1.82) is 0 Å². The summed E-state index contributed by atoms with van der Waals surface area (Å²) in [5.74, 6) is 0.774. The highest BCUT2D eigenvalue weighted by Crippen LogP contribution is 2.11. The average molecular weight is 274 g/mol. The number of nitrogens with one attached hydrogen (secondary N) is 1. The third kappa shape index (κ3) is 3.40. The van der Waals surface area contributed by atoms with Gasteiger partial charge in [-0.15, -0.1) is 0 Å². The average Bonchev–Trinajstić information content (AvgIpc) is 2.46. The number of rotatable bonds is 2. The van der Waals surface area contributed by atoms with Crippen LogP contribution in [0.15, 0.2) is 17.0 Å². The van der Waals surface area contributed by atoms with Gasteiger partial charge in [0.1, 0.15) is 16.7 Å². The van der Waals surface area contributed by atoms with Gasteiger partial charge in [0.15, 0.2) is 0 Å². The molecule has 5 nitrogen and oxygen atoms in total. The molecular weight excluding hydrogens is 262 g/mol. The van der Waals surface area contributed by atoms with Crippen LogP contribution in [0, 0.1) is 0 Å². The SMILES string of the molecule is Brc1cc(NC2COCCOC2)ncn1. The smallest absolute Gasteiger partial charge is 0.130 e. The van der Waals surface area contributed by atoms with Crippen LogP contribution in [0.1, 0.15) is 0 Å². The molecule has 1 fully saturated rings. The van der Waals surface area contributed by atoms with Gasteiger partial charge in [-0.25, -0.2) is 9.97 Å². The molecule has 1 aliphatic heterocycles. The maximum atomic E-state index is 5.37. The van der Waals surface area contributed by atoms with Crippen LogP contribution >= 0.6 is 15.9 Å². The van der Waals surface area contributed by atoms with Crippen LogP contribution in [-0.4, -0.2) is 42.4 Å². The topological polar surface area (TPSA) is 56.3 Å². The first-order chi connectivity index (χ1) is 7.34. The first kappa shape index (κ1) is 10.8. The fourth-order valence-electron chi connectivity index (χ4n) is 1.32. The highest BCUT2D eigenvalue weighted by Gasteiger charge is 2.13. The molecule has 0 saturated carbocycles. The standard InChI is InChI=1S/C9H12BrN3O2/c10-8-3-9(12-6-11-8)13-7-4-14-1-2-15-5-7/h3,6-7H,1-2,4-5H2,(H,11,12,13). The van der Waals surface area contributed by atoms with Crippen LogP contribution in [0.5, 0.6) is 0 Å². The number of hydrogen-bond acceptors (Lipinski definition) is 5. The molecule has 1 aromatic rings. The molecule has 1 N–H and O–H groups in total. The maximum absolute atomic E-state index is 5.37. The number of hydrogen-bond donors (Lipinski definition) is 1. The molecule has 1 aromatic heterocycles. The first-order valence-corrected chi connectivity index (χ1v) is 5.53. The van der Waals surface area contributed by atoms with Crippen molar-refractivity contribution in [3.05, 3.63) is 17.0 Å². The second-order valence-electron chi connectivity index (χ2n) is 3.22. The molecule has 6 heteroatoms. The Labute approximate surface area is 96.3 Å². The third-order valence-electron chi connectivity index (χ3n) is 2.00. The number of nitrogens with zero attached hydrogens (tertiary/aromatic N) is 2. The summed E-state index contributed by atoms with van der Waals surface area (Å²) in [6.07, 6.45) is 1.50. The van der Waals surface area contributed by atoms with Gasteiger partial charge in [-0.3, -0.25) is 0 Å². The molecular formula is C9H12BrN3O2. The molecule has 0 radical (unpaired) electrons. The lowest BCUT2D eigenvalue weighted by Crippen LogP contribution is -2.28. The zero-order valence-corrected chi connectivity index (χ0v) is 9.74. The Hall–Kier alpha value is -0.720. The normalized spacial score (nSPS) is 18.5. The lowest BCUT2D eigenvalue weighted by atomic mass is 10.3. The van der Waals surface area contributed by atoms with Gasteiger partial charge < -0.3 is 14.8 Å². The minimum absolute atomic E-state index is 0.147. The molecule has 0 bridgehead atoms. The van der Waals surface area contributed by atoms with Gasteiger partial charge in [-0.05, 0) is 15.9 Å². The van der Waals surface area contributed by atoms with Crippen molar-refractivity contribution in [3.8, 4) is 0 Å². The van der Waals surface area contributed by atoms with Gasteiger partial charge in [-0.2, -0.15) is 0 Å². The van der Waals surface area contributed by atoms with E-state index in [1.165, 1.54) is 6.33 Å². The monoisotopic (exact) mass is 273 g/mol. The van der Waals surface area contributed by atoms with Gasteiger partial charge in [0, 0.05) is 6.07 Å². The van der Waals surface area contributed by atoms with E-state index in [9.17, 15) is 0 Å². The Morgan fingerprint density at radius 2 is 2.00 bits per heavy atom. The molecule has 82 valence electrons. The summed E-state index contributed by atoms with van der Waals surface area (Å²) in [6, 6.07) is 1.97. The molecule has 0 spiro atoms. The molecule has 0 unspecified atom stereocenters. The van der Waals surface area contributed by atoms with Crippen molar-refractivity contribution in [3.63, 3.8) is 0 Å². The van der Waals surface area contributed by atoms with Gasteiger partial charge in [0.05, 0.1) is 32.5 Å². The summed E-state index contributed by atoms with van der Waals surface area (Å²) in [5.41, 5.74) is 0. The minimum atomic E-state index is 0.147. The summed E-state index contributed by atoms with van der Waals surface area (Å²) in [6.45, 7) is 2.60. The van der Waals surface area contributed by atoms with Crippen molar-refractivity contribution in [1.82, 2.24) is 9.97 Å². The zero-order chi connectivity index (χ0) is 10.5. The van der Waals surface area contributed by atoms with Gasteiger partial charge >= 0.3 is 0 Å². The van der Waals surface area contributed by atoms with E-state index in [-0.39, 0.29) is 6.04 Å². The largest absolute Gasteiger partial charge is 0.377 e. The Morgan fingerprint density at radius 3 is 2.67 bits per heavy atom. The predicted octanol–water partition coefficient (Wildman–Crippen LogP) is 1.07. The lowest BCUT2D eigenvalue weighted by Gasteiger charge is -2.15. The fraction of sp³-hybridized carbons (Fsp3) is 0.556. The number of aromatic nitrogens is 2. The summed E-state index contributed by atoms with van der Waals surface area (Å²) < 4.78 is 11.5. The summed E-state index contributed by atoms with van der Waals surface area (Å²) >= 11 is 3.29. The van der Waals surface area contributed by atoms with Crippen LogP contribution < -0.4 is 5.32 Å². The Balaban J connectivity index is 1.95. The van der Waals surface area contributed by atoms with Gasteiger partial charge in [0.25, 0.3) is 0 Å². The maximum Gasteiger partial charge on any atom is 0.130 e. The molecule has 0 aliphatic carbocycles. The van der Waals surface area contributed by atoms with Crippen LogP contribution in [0.25, 0.3) is 0 Å². The fourth-order valence-corrected chi connectivity index (χ4v) is 1.63. The van der Waals surface area contributed by atoms with E-state index in [4.69, 9.17) is 9.47 Å². The number of anilines is 1. The summed E-state index contributed by atoms with van der Waals surface area (Å²) in [4.78, 5) is 8.06. The van der Waals surface area contributed by atoms with Crippen molar-refractivity contribution in [2.45, 2.75) is 6.04 Å². The summed E-state index contributed by atoms with van der Waals surface area (Å²) in [7, 11) is 0. The highest BCUT2D eigenvalue weighted by molar-refractivity contribution is 9.10. The second-order valence-corrected chi connectivity index (χ2v) is 4.03. The highest BCUT2D eigenvalue weighted by atomic mass is 79.9. The van der Waals surface area contributed by atoms with E-state index in [2.05, 4.69) is 31.2 Å². The molecule has 0 atom stereocenters. The lowest BCUT2D eigenvalue weighted by molar-refractivity contribution is 0.103. The molecule has 15 heavy (non-hydrogen) atoms. The Bertz CT molecular complexity index is 316. The summed E-state index contributed by atoms with van der Waals surface area (Å²) in [5, 5.41) is 3.23. The number of halogens is 1. The molecule has 0 amide bonds. The van der Waals surface area contributed by atoms with Crippen LogP contribution in [-0.2, 0) is 9.47 Å². The van der Waals surface area contributed by atoms with Crippen molar-refractivity contribution >= 4 is 21.7 Å². The number of ether oxygens (including phenoxy) is 2. The van der Waals surface area contributed by atoms with Crippen LogP contribution in [0.4, 0.5) is 5.82 Å². The van der Waals surface area contributed by atoms with E-state index >= 15 is 0 Å². The van der Waals surface area contributed by atoms with Crippen molar-refractivity contribution in [2.75, 3.05) is 31.7 Å². The van der Waals surface area contributed by atoms with Crippen LogP contribution in [0.3, 0.4) is 0 Å². The van der Waals surface area contributed by atoms with Crippen molar-refractivity contribution in [2.24, 2.45) is 0 Å². The Kier molecular flexibility index (Phi) is 3.87. The van der Waals surface area contributed by atoms with E-state index < -0.39 is 0 Å². The molecule has 1 saturated heterocycles. The van der Waals surface area contributed by atoms with E-state index in [0.29, 0.717) is 26.4 Å². The predicted molar refractivity (Wildman–Crippen MR) is 58.8 cm³/mol. The van der Waals surface area contributed by atoms with E-state index in [1.54, 1.807) is 0 Å². The molecule has 2 heterocycles. The van der Waals surface area contributed by atoms with E-state index in [0.717, 1.165) is 10.4 Å². The van der Waals surface area contributed by atoms with Gasteiger partial charge in [-0.1, -0.05) is 0 Å². The minimum Gasteiger partial charge on any atom is -0.377 e. The van der Waals surface area contributed by atoms with Crippen LogP contribution in [0.2, 0.25) is 0 Å². The molecule has 2 rings (SSSR count). The quantitative estimate of drug-likeness (QED) is 0.817. The van der Waals surface area contributed by atoms with E-state index in [1.807, 2.05) is 6.07 Å². The molecule has 0 aromatic carbocycles. The molecule has 1 aliphatic rings. The zero-order valence-electron chi connectivity index (χ0n) is 8.15. The Morgan fingerprint density at radius 1 is 1.27 bits per heavy atom. The first-order valence-electron chi connectivity index (χ1n) is 4.74. The van der Waals surface area contributed by atoms with Gasteiger partial charge in [0.2, 0.25) is 0 Å². The van der Waals surface area contributed by atoms with Crippen molar-refractivity contribution < 1.29 is 9.47 Å². The third-order valence-corrected chi connectivity index (χ3v) is 2.43.